The van der Waals surface area contributed by atoms with E-state index in [1.54, 1.807) is 23.1 Å². The topological polar surface area (TPSA) is 99.4 Å². The van der Waals surface area contributed by atoms with E-state index in [0.717, 1.165) is 16.6 Å². The van der Waals surface area contributed by atoms with Crippen molar-refractivity contribution in [3.8, 4) is 6.07 Å². The van der Waals surface area contributed by atoms with E-state index in [4.69, 9.17) is 5.26 Å². The van der Waals surface area contributed by atoms with Crippen molar-refractivity contribution in [2.24, 2.45) is 0 Å². The van der Waals surface area contributed by atoms with E-state index in [1.165, 1.54) is 0 Å². The minimum atomic E-state index is -0.228. The van der Waals surface area contributed by atoms with Crippen molar-refractivity contribution >= 4 is 33.3 Å². The molecule has 3 aromatic heterocycles. The molecule has 1 atom stereocenters. The van der Waals surface area contributed by atoms with E-state index in [2.05, 4.69) is 26.5 Å². The van der Waals surface area contributed by atoms with Gasteiger partial charge < -0.3 is 10.3 Å². The van der Waals surface area contributed by atoms with Crippen molar-refractivity contribution < 1.29 is 0 Å². The largest absolute Gasteiger partial charge is 0.336 e. The summed E-state index contributed by atoms with van der Waals surface area (Å²) in [7, 11) is 0. The van der Waals surface area contributed by atoms with Crippen molar-refractivity contribution in [2.75, 3.05) is 5.32 Å². The quantitative estimate of drug-likeness (QED) is 0.590. The Morgan fingerprint density at radius 2 is 2.15 bits per heavy atom. The SMILES string of the molecule is CC(CC#N)n1nc(Nc2cccc3cccnc23)c2c(=O)[nH]ccc21. The molecule has 128 valence electrons. The van der Waals surface area contributed by atoms with Crippen LogP contribution in [0.3, 0.4) is 0 Å². The number of nitrogens with one attached hydrogen (secondary N) is 2. The lowest BCUT2D eigenvalue weighted by atomic mass is 10.2. The Labute approximate surface area is 148 Å². The lowest BCUT2D eigenvalue weighted by Gasteiger charge is -2.09. The third-order valence-electron chi connectivity index (χ3n) is 4.32. The number of fused-ring (bicyclic) bond motifs is 2. The first-order valence-electron chi connectivity index (χ1n) is 8.26. The molecule has 0 fully saturated rings. The van der Waals surface area contributed by atoms with Crippen molar-refractivity contribution in [1.29, 1.82) is 5.26 Å². The fourth-order valence-corrected chi connectivity index (χ4v) is 3.07. The lowest BCUT2D eigenvalue weighted by molar-refractivity contribution is 0.518. The van der Waals surface area contributed by atoms with Crippen LogP contribution >= 0.6 is 0 Å². The molecule has 7 heteroatoms. The van der Waals surface area contributed by atoms with Gasteiger partial charge >= 0.3 is 0 Å². The second-order valence-corrected chi connectivity index (χ2v) is 6.08. The van der Waals surface area contributed by atoms with Gasteiger partial charge in [-0.05, 0) is 25.1 Å². The molecule has 0 amide bonds. The molecule has 1 aromatic carbocycles. The maximum atomic E-state index is 12.4. The first kappa shape index (κ1) is 15.8. The van der Waals surface area contributed by atoms with Crippen LogP contribution < -0.4 is 10.9 Å². The number of nitrogens with zero attached hydrogens (tertiary/aromatic N) is 4. The van der Waals surface area contributed by atoms with Crippen LogP contribution in [0.2, 0.25) is 0 Å². The Balaban J connectivity index is 1.89. The highest BCUT2D eigenvalue weighted by atomic mass is 16.1. The average molecular weight is 344 g/mol. The number of aromatic amines is 1. The summed E-state index contributed by atoms with van der Waals surface area (Å²) < 4.78 is 1.72. The molecule has 0 aliphatic rings. The number of hydrogen-bond acceptors (Lipinski definition) is 5. The van der Waals surface area contributed by atoms with Crippen LogP contribution in [-0.4, -0.2) is 19.7 Å². The Kier molecular flexibility index (Phi) is 3.86. The summed E-state index contributed by atoms with van der Waals surface area (Å²) in [4.78, 5) is 19.5. The highest BCUT2D eigenvalue weighted by Crippen LogP contribution is 2.29. The molecular formula is C19H16N6O. The first-order valence-corrected chi connectivity index (χ1v) is 8.26. The smallest absolute Gasteiger partial charge is 0.261 e. The van der Waals surface area contributed by atoms with E-state index in [-0.39, 0.29) is 11.6 Å². The van der Waals surface area contributed by atoms with E-state index in [0.29, 0.717) is 23.1 Å². The van der Waals surface area contributed by atoms with Crippen LogP contribution in [0.5, 0.6) is 0 Å². The normalized spacial score (nSPS) is 12.2. The van der Waals surface area contributed by atoms with Crippen molar-refractivity contribution in [3.63, 3.8) is 0 Å². The maximum Gasteiger partial charge on any atom is 0.261 e. The van der Waals surface area contributed by atoms with Crippen LogP contribution in [0.1, 0.15) is 19.4 Å². The van der Waals surface area contributed by atoms with Crippen molar-refractivity contribution in [1.82, 2.24) is 19.7 Å². The Morgan fingerprint density at radius 1 is 1.31 bits per heavy atom. The molecule has 3 heterocycles. The minimum Gasteiger partial charge on any atom is -0.336 e. The van der Waals surface area contributed by atoms with Gasteiger partial charge in [-0.25, -0.2) is 0 Å². The highest BCUT2D eigenvalue weighted by Gasteiger charge is 2.18. The number of hydrogen-bond donors (Lipinski definition) is 2. The Morgan fingerprint density at radius 3 is 3.00 bits per heavy atom. The number of H-pyrrole nitrogens is 1. The predicted octanol–water partition coefficient (Wildman–Crippen LogP) is 3.49. The van der Waals surface area contributed by atoms with Gasteiger partial charge in [0.1, 0.15) is 5.39 Å². The highest BCUT2D eigenvalue weighted by molar-refractivity contribution is 5.96. The minimum absolute atomic E-state index is 0.148. The second kappa shape index (κ2) is 6.33. The third-order valence-corrected chi connectivity index (χ3v) is 4.32. The molecule has 0 spiro atoms. The number of benzene rings is 1. The van der Waals surface area contributed by atoms with Gasteiger partial charge in [0, 0.05) is 17.8 Å². The Hall–Kier alpha value is -3.66. The van der Waals surface area contributed by atoms with Crippen LogP contribution in [-0.2, 0) is 0 Å². The van der Waals surface area contributed by atoms with Crippen LogP contribution in [0, 0.1) is 11.3 Å². The summed E-state index contributed by atoms with van der Waals surface area (Å²) in [5.74, 6) is 0.449. The summed E-state index contributed by atoms with van der Waals surface area (Å²) in [5.41, 5.74) is 2.03. The summed E-state index contributed by atoms with van der Waals surface area (Å²) in [5, 5.41) is 18.3. The van der Waals surface area contributed by atoms with E-state index in [1.807, 2.05) is 37.3 Å². The molecule has 7 nitrogen and oxygen atoms in total. The molecule has 0 aliphatic heterocycles. The van der Waals surface area contributed by atoms with Crippen molar-refractivity contribution in [3.05, 3.63) is 59.1 Å². The molecule has 4 rings (SSSR count). The number of anilines is 2. The number of rotatable bonds is 4. The van der Waals surface area contributed by atoms with E-state index < -0.39 is 0 Å². The van der Waals surface area contributed by atoms with Gasteiger partial charge in [0.2, 0.25) is 0 Å². The van der Waals surface area contributed by atoms with Gasteiger partial charge in [-0.3, -0.25) is 14.5 Å². The molecule has 26 heavy (non-hydrogen) atoms. The molecule has 2 N–H and O–H groups in total. The number of para-hydroxylation sites is 1. The Bertz CT molecular complexity index is 1190. The monoisotopic (exact) mass is 344 g/mol. The van der Waals surface area contributed by atoms with Crippen LogP contribution in [0.25, 0.3) is 21.8 Å². The van der Waals surface area contributed by atoms with Gasteiger partial charge in [-0.1, -0.05) is 18.2 Å². The molecule has 0 saturated heterocycles. The molecule has 0 bridgehead atoms. The maximum absolute atomic E-state index is 12.4. The van der Waals surface area contributed by atoms with Gasteiger partial charge in [-0.2, -0.15) is 10.4 Å². The van der Waals surface area contributed by atoms with E-state index >= 15 is 0 Å². The third kappa shape index (κ3) is 2.58. The molecule has 1 unspecified atom stereocenters. The van der Waals surface area contributed by atoms with Gasteiger partial charge in [-0.15, -0.1) is 0 Å². The standard InChI is InChI=1S/C19H16N6O/c1-12(7-9-20)25-15-8-11-22-19(26)16(15)18(24-25)23-14-6-2-4-13-5-3-10-21-17(13)14/h2-6,8,10-12H,7H2,1H3,(H,22,26)(H,23,24). The van der Waals surface area contributed by atoms with Gasteiger partial charge in [0.15, 0.2) is 5.82 Å². The van der Waals surface area contributed by atoms with Crippen LogP contribution in [0.15, 0.2) is 53.6 Å². The average Bonchev–Trinajstić information content (AvgIpc) is 3.02. The first-order chi connectivity index (χ1) is 12.7. The summed E-state index contributed by atoms with van der Waals surface area (Å²) in [6.07, 6.45) is 3.62. The van der Waals surface area contributed by atoms with Crippen LogP contribution in [0.4, 0.5) is 11.5 Å². The molecule has 0 aliphatic carbocycles. The fraction of sp³-hybridized carbons (Fsp3) is 0.158. The summed E-state index contributed by atoms with van der Waals surface area (Å²) >= 11 is 0. The molecule has 0 saturated carbocycles. The van der Waals surface area contributed by atoms with E-state index in [9.17, 15) is 4.79 Å². The molecular weight excluding hydrogens is 328 g/mol. The zero-order valence-corrected chi connectivity index (χ0v) is 14.1. The van der Waals surface area contributed by atoms with Gasteiger partial charge in [0.25, 0.3) is 5.56 Å². The zero-order valence-electron chi connectivity index (χ0n) is 14.1. The zero-order chi connectivity index (χ0) is 18.1. The predicted molar refractivity (Wildman–Crippen MR) is 100 cm³/mol. The second-order valence-electron chi connectivity index (χ2n) is 6.08. The lowest BCUT2D eigenvalue weighted by Crippen LogP contribution is -2.08. The summed E-state index contributed by atoms with van der Waals surface area (Å²) in [6.45, 7) is 1.90. The number of aromatic nitrogens is 4. The molecule has 4 aromatic rings. The van der Waals surface area contributed by atoms with Crippen molar-refractivity contribution in [2.45, 2.75) is 19.4 Å². The van der Waals surface area contributed by atoms with Gasteiger partial charge in [0.05, 0.1) is 35.3 Å². The fourth-order valence-electron chi connectivity index (χ4n) is 3.07. The number of pyridine rings is 2. The number of nitriles is 1. The molecule has 0 radical (unpaired) electrons. The summed E-state index contributed by atoms with van der Waals surface area (Å²) in [6, 6.07) is 13.5.